The molecule has 1 rings (SSSR count). The van der Waals surface area contributed by atoms with E-state index in [9.17, 15) is 0 Å². The molecule has 0 aliphatic rings. The van der Waals surface area contributed by atoms with Gasteiger partial charge in [-0.3, -0.25) is 0 Å². The lowest BCUT2D eigenvalue weighted by atomic mass is 10.2. The van der Waals surface area contributed by atoms with Crippen LogP contribution in [0.2, 0.25) is 0 Å². The lowest BCUT2D eigenvalue weighted by Crippen LogP contribution is -2.11. The molecule has 0 amide bonds. The first-order valence-electron chi connectivity index (χ1n) is 6.92. The van der Waals surface area contributed by atoms with Crippen LogP contribution in [0.3, 0.4) is 0 Å². The van der Waals surface area contributed by atoms with Crippen molar-refractivity contribution in [2.45, 2.75) is 53.0 Å². The van der Waals surface area contributed by atoms with Crippen molar-refractivity contribution in [3.05, 3.63) is 11.5 Å². The monoisotopic (exact) mass is 269 g/mol. The summed E-state index contributed by atoms with van der Waals surface area (Å²) in [6.45, 7) is 7.62. The Kier molecular flexibility index (Phi) is 6.61. The second-order valence-electron chi connectivity index (χ2n) is 5.21. The average Bonchev–Trinajstić information content (AvgIpc) is 2.58. The molecule has 18 heavy (non-hydrogen) atoms. The molecule has 0 aliphatic carbocycles. The van der Waals surface area contributed by atoms with E-state index in [1.165, 1.54) is 11.6 Å². The number of aromatic nitrogens is 2. The molecule has 0 aliphatic heterocycles. The van der Waals surface area contributed by atoms with Gasteiger partial charge in [-0.1, -0.05) is 20.8 Å². The van der Waals surface area contributed by atoms with Gasteiger partial charge in [0.25, 0.3) is 0 Å². The normalized spacial score (nSPS) is 11.4. The van der Waals surface area contributed by atoms with E-state index in [0.29, 0.717) is 5.92 Å². The van der Waals surface area contributed by atoms with Gasteiger partial charge in [-0.25, -0.2) is 4.98 Å². The summed E-state index contributed by atoms with van der Waals surface area (Å²) < 4.78 is 2.22. The van der Waals surface area contributed by atoms with Crippen molar-refractivity contribution in [1.82, 2.24) is 9.55 Å². The topological polar surface area (TPSA) is 43.8 Å². The maximum Gasteiger partial charge on any atom is 0.126 e. The maximum atomic E-state index is 6.26. The number of imidazole rings is 1. The largest absolute Gasteiger partial charge is 0.384 e. The van der Waals surface area contributed by atoms with Gasteiger partial charge in [-0.15, -0.1) is 0 Å². The number of hydrogen-bond donors (Lipinski definition) is 1. The number of nitrogen functional groups attached to an aromatic ring is 1. The lowest BCUT2D eigenvalue weighted by Gasteiger charge is -2.11. The summed E-state index contributed by atoms with van der Waals surface area (Å²) in [5, 5.41) is 0. The molecule has 104 valence electrons. The van der Waals surface area contributed by atoms with Gasteiger partial charge in [0.2, 0.25) is 0 Å². The van der Waals surface area contributed by atoms with Crippen molar-refractivity contribution in [2.24, 2.45) is 5.92 Å². The molecule has 4 heteroatoms. The highest BCUT2D eigenvalue weighted by molar-refractivity contribution is 7.98. The Balaban J connectivity index is 2.84. The van der Waals surface area contributed by atoms with Crippen LogP contribution in [0.4, 0.5) is 5.82 Å². The van der Waals surface area contributed by atoms with Gasteiger partial charge < -0.3 is 10.3 Å². The highest BCUT2D eigenvalue weighted by Gasteiger charge is 2.14. The van der Waals surface area contributed by atoms with Crippen molar-refractivity contribution in [3.63, 3.8) is 0 Å². The number of anilines is 1. The van der Waals surface area contributed by atoms with E-state index in [2.05, 4.69) is 31.6 Å². The molecule has 1 aromatic heterocycles. The minimum atomic E-state index is 0.608. The number of aryl methyl sites for hydroxylation is 2. The first-order valence-corrected chi connectivity index (χ1v) is 8.32. The lowest BCUT2D eigenvalue weighted by molar-refractivity contribution is 0.510. The zero-order valence-corrected chi connectivity index (χ0v) is 13.0. The van der Waals surface area contributed by atoms with Crippen LogP contribution in [-0.4, -0.2) is 21.6 Å². The summed E-state index contributed by atoms with van der Waals surface area (Å²) in [6, 6.07) is 0. The molecule has 0 saturated heterocycles. The number of hydrogen-bond acceptors (Lipinski definition) is 3. The van der Waals surface area contributed by atoms with Gasteiger partial charge in [0.05, 0.1) is 5.69 Å². The summed E-state index contributed by atoms with van der Waals surface area (Å²) >= 11 is 1.88. The third kappa shape index (κ3) is 4.23. The fourth-order valence-corrected chi connectivity index (χ4v) is 2.55. The molecule has 0 radical (unpaired) electrons. The molecule has 0 bridgehead atoms. The van der Waals surface area contributed by atoms with Crippen molar-refractivity contribution < 1.29 is 0 Å². The number of rotatable bonds is 8. The predicted octanol–water partition coefficient (Wildman–Crippen LogP) is 3.37. The maximum absolute atomic E-state index is 6.26. The van der Waals surface area contributed by atoms with Crippen molar-refractivity contribution in [3.8, 4) is 0 Å². The van der Waals surface area contributed by atoms with Crippen LogP contribution in [0.1, 0.15) is 45.1 Å². The first-order chi connectivity index (χ1) is 8.60. The molecule has 1 heterocycles. The SMILES string of the molecule is CCCc1nc(CCCSC)c(N)n1CC(C)C. The summed E-state index contributed by atoms with van der Waals surface area (Å²) in [5.74, 6) is 3.85. The second-order valence-corrected chi connectivity index (χ2v) is 6.20. The summed E-state index contributed by atoms with van der Waals surface area (Å²) in [7, 11) is 0. The van der Waals surface area contributed by atoms with Gasteiger partial charge in [0.15, 0.2) is 0 Å². The van der Waals surface area contributed by atoms with E-state index >= 15 is 0 Å². The molecule has 1 aromatic rings. The van der Waals surface area contributed by atoms with E-state index in [1.54, 1.807) is 0 Å². The van der Waals surface area contributed by atoms with E-state index in [1.807, 2.05) is 11.8 Å². The zero-order chi connectivity index (χ0) is 13.5. The van der Waals surface area contributed by atoms with Gasteiger partial charge in [-0.2, -0.15) is 11.8 Å². The van der Waals surface area contributed by atoms with Crippen molar-refractivity contribution >= 4 is 17.6 Å². The Labute approximate surface area is 116 Å². The molecule has 0 fully saturated rings. The quantitative estimate of drug-likeness (QED) is 0.736. The fourth-order valence-electron chi connectivity index (χ4n) is 2.12. The van der Waals surface area contributed by atoms with E-state index < -0.39 is 0 Å². The van der Waals surface area contributed by atoms with Crippen molar-refractivity contribution in [2.75, 3.05) is 17.7 Å². The Hall–Kier alpha value is -0.640. The van der Waals surface area contributed by atoms with Gasteiger partial charge in [0.1, 0.15) is 11.6 Å². The van der Waals surface area contributed by atoms with E-state index in [0.717, 1.165) is 43.7 Å². The Morgan fingerprint density at radius 1 is 1.33 bits per heavy atom. The first kappa shape index (κ1) is 15.4. The van der Waals surface area contributed by atoms with E-state index in [4.69, 9.17) is 10.7 Å². The molecular weight excluding hydrogens is 242 g/mol. The van der Waals surface area contributed by atoms with Crippen LogP contribution in [-0.2, 0) is 19.4 Å². The molecule has 2 N–H and O–H groups in total. The van der Waals surface area contributed by atoms with Crippen LogP contribution >= 0.6 is 11.8 Å². The van der Waals surface area contributed by atoms with E-state index in [-0.39, 0.29) is 0 Å². The second kappa shape index (κ2) is 7.72. The molecule has 0 spiro atoms. The van der Waals surface area contributed by atoms with Crippen LogP contribution in [0.15, 0.2) is 0 Å². The highest BCUT2D eigenvalue weighted by atomic mass is 32.2. The minimum absolute atomic E-state index is 0.608. The molecule has 0 saturated carbocycles. The fraction of sp³-hybridized carbons (Fsp3) is 0.786. The van der Waals surface area contributed by atoms with Crippen LogP contribution < -0.4 is 5.73 Å². The Morgan fingerprint density at radius 2 is 2.06 bits per heavy atom. The third-order valence-corrected chi connectivity index (χ3v) is 3.64. The van der Waals surface area contributed by atoms with Crippen molar-refractivity contribution in [1.29, 1.82) is 0 Å². The molecule has 0 atom stereocenters. The standard InChI is InChI=1S/C14H27N3S/c1-5-7-13-16-12(8-6-9-18-4)14(15)17(13)10-11(2)3/h11H,5-10,15H2,1-4H3. The van der Waals surface area contributed by atoms with Crippen LogP contribution in [0.5, 0.6) is 0 Å². The average molecular weight is 269 g/mol. The smallest absolute Gasteiger partial charge is 0.126 e. The molecule has 0 unspecified atom stereocenters. The zero-order valence-electron chi connectivity index (χ0n) is 12.2. The Morgan fingerprint density at radius 3 is 2.61 bits per heavy atom. The molecular formula is C14H27N3S. The summed E-state index contributed by atoms with van der Waals surface area (Å²) in [5.41, 5.74) is 7.36. The van der Waals surface area contributed by atoms with Crippen LogP contribution in [0, 0.1) is 5.92 Å². The molecule has 3 nitrogen and oxygen atoms in total. The highest BCUT2D eigenvalue weighted by Crippen LogP contribution is 2.19. The van der Waals surface area contributed by atoms with Gasteiger partial charge >= 0.3 is 0 Å². The van der Waals surface area contributed by atoms with Crippen LogP contribution in [0.25, 0.3) is 0 Å². The van der Waals surface area contributed by atoms with Gasteiger partial charge in [0, 0.05) is 13.0 Å². The summed E-state index contributed by atoms with van der Waals surface area (Å²) in [4.78, 5) is 4.75. The third-order valence-electron chi connectivity index (χ3n) is 2.95. The number of nitrogens with two attached hydrogens (primary N) is 1. The minimum Gasteiger partial charge on any atom is -0.384 e. The number of nitrogens with zero attached hydrogens (tertiary/aromatic N) is 2. The number of thioether (sulfide) groups is 1. The van der Waals surface area contributed by atoms with Gasteiger partial charge in [-0.05, 0) is 37.2 Å². The Bertz CT molecular complexity index is 358. The molecule has 0 aromatic carbocycles. The summed E-state index contributed by atoms with van der Waals surface area (Å²) in [6.07, 6.45) is 6.46. The predicted molar refractivity (Wildman–Crippen MR) is 82.2 cm³/mol.